The molecule has 0 radical (unpaired) electrons. The number of nitro groups is 1. The first-order valence-electron chi connectivity index (χ1n) is 5.69. The zero-order chi connectivity index (χ0) is 14.7. The summed E-state index contributed by atoms with van der Waals surface area (Å²) in [6.07, 6.45) is 1.48. The first-order valence-corrected chi connectivity index (χ1v) is 5.69. The van der Waals surface area contributed by atoms with Crippen LogP contribution in [0.2, 0.25) is 0 Å². The minimum Gasteiger partial charge on any atom is -0.478 e. The molecular weight excluding hydrogens is 262 g/mol. The van der Waals surface area contributed by atoms with Gasteiger partial charge in [0.25, 0.3) is 5.69 Å². The molecule has 0 unspecified atom stereocenters. The summed E-state index contributed by atoms with van der Waals surface area (Å²) in [4.78, 5) is 25.6. The van der Waals surface area contributed by atoms with Crippen molar-refractivity contribution >= 4 is 23.0 Å². The van der Waals surface area contributed by atoms with Crippen molar-refractivity contribution in [2.24, 2.45) is 0 Å². The molecule has 0 spiro atoms. The lowest BCUT2D eigenvalue weighted by Crippen LogP contribution is -2.06. The van der Waals surface area contributed by atoms with Crippen molar-refractivity contribution in [3.8, 4) is 0 Å². The Kier molecular flexibility index (Phi) is 3.60. The number of carboxylic acids is 1. The fourth-order valence-electron chi connectivity index (χ4n) is 1.69. The van der Waals surface area contributed by atoms with Crippen LogP contribution in [0.4, 0.5) is 17.1 Å². The second-order valence-corrected chi connectivity index (χ2v) is 4.08. The van der Waals surface area contributed by atoms with Crippen molar-refractivity contribution < 1.29 is 14.8 Å². The third-order valence-electron chi connectivity index (χ3n) is 2.65. The second kappa shape index (κ2) is 5.35. The molecule has 0 aliphatic rings. The van der Waals surface area contributed by atoms with Gasteiger partial charge in [0.05, 0.1) is 22.4 Å². The van der Waals surface area contributed by atoms with Crippen LogP contribution in [0, 0.1) is 17.0 Å². The SMILES string of the molecule is Cc1ccc(Nc2c(C(=O)O)cccc2[N+](=O)[O-])cn1. The fraction of sp³-hybridized carbons (Fsp3) is 0.0769. The first-order chi connectivity index (χ1) is 9.49. The molecule has 1 aromatic heterocycles. The highest BCUT2D eigenvalue weighted by molar-refractivity contribution is 5.97. The molecule has 0 saturated heterocycles. The van der Waals surface area contributed by atoms with Crippen LogP contribution < -0.4 is 5.32 Å². The number of para-hydroxylation sites is 1. The molecule has 0 amide bonds. The Morgan fingerprint density at radius 1 is 1.35 bits per heavy atom. The number of nitrogens with zero attached hydrogens (tertiary/aromatic N) is 2. The van der Waals surface area contributed by atoms with Gasteiger partial charge in [-0.1, -0.05) is 6.07 Å². The summed E-state index contributed by atoms with van der Waals surface area (Å²) < 4.78 is 0. The van der Waals surface area contributed by atoms with E-state index in [1.54, 1.807) is 19.1 Å². The summed E-state index contributed by atoms with van der Waals surface area (Å²) in [5.41, 5.74) is 0.741. The highest BCUT2D eigenvalue weighted by Gasteiger charge is 2.21. The minimum atomic E-state index is -1.24. The summed E-state index contributed by atoms with van der Waals surface area (Å²) in [5, 5.41) is 22.9. The van der Waals surface area contributed by atoms with Crippen LogP contribution in [-0.2, 0) is 0 Å². The van der Waals surface area contributed by atoms with Crippen LogP contribution in [0.3, 0.4) is 0 Å². The van der Waals surface area contributed by atoms with Crippen LogP contribution in [0.15, 0.2) is 36.5 Å². The summed E-state index contributed by atoms with van der Waals surface area (Å²) in [6, 6.07) is 7.28. The quantitative estimate of drug-likeness (QED) is 0.655. The molecule has 0 aliphatic heterocycles. The van der Waals surface area contributed by atoms with Gasteiger partial charge in [-0.25, -0.2) is 4.79 Å². The fourth-order valence-corrected chi connectivity index (χ4v) is 1.69. The molecule has 2 aromatic rings. The summed E-state index contributed by atoms with van der Waals surface area (Å²) in [5.74, 6) is -1.24. The lowest BCUT2D eigenvalue weighted by molar-refractivity contribution is -0.383. The Bertz CT molecular complexity index is 636. The number of aryl methyl sites for hydroxylation is 1. The van der Waals surface area contributed by atoms with Crippen LogP contribution in [0.5, 0.6) is 0 Å². The van der Waals surface area contributed by atoms with E-state index in [0.717, 1.165) is 5.69 Å². The number of pyridine rings is 1. The van der Waals surface area contributed by atoms with Gasteiger partial charge < -0.3 is 10.4 Å². The van der Waals surface area contributed by atoms with Crippen LogP contribution in [0.1, 0.15) is 16.1 Å². The van der Waals surface area contributed by atoms with E-state index in [9.17, 15) is 14.9 Å². The van der Waals surface area contributed by atoms with E-state index in [0.29, 0.717) is 5.69 Å². The molecule has 0 atom stereocenters. The molecule has 7 nitrogen and oxygen atoms in total. The first kappa shape index (κ1) is 13.5. The molecule has 0 aliphatic carbocycles. The Morgan fingerprint density at radius 2 is 2.10 bits per heavy atom. The van der Waals surface area contributed by atoms with Crippen molar-refractivity contribution in [3.63, 3.8) is 0 Å². The maximum absolute atomic E-state index is 11.2. The van der Waals surface area contributed by atoms with Gasteiger partial charge in [0, 0.05) is 11.8 Å². The molecule has 2 rings (SSSR count). The molecule has 7 heteroatoms. The van der Waals surface area contributed by atoms with Crippen LogP contribution in [0.25, 0.3) is 0 Å². The van der Waals surface area contributed by atoms with Gasteiger partial charge in [0.2, 0.25) is 0 Å². The van der Waals surface area contributed by atoms with E-state index in [1.807, 2.05) is 0 Å². The smallest absolute Gasteiger partial charge is 0.338 e. The molecule has 1 heterocycles. The van der Waals surface area contributed by atoms with Crippen molar-refractivity contribution in [2.75, 3.05) is 5.32 Å². The van der Waals surface area contributed by atoms with E-state index in [-0.39, 0.29) is 16.9 Å². The third kappa shape index (κ3) is 2.72. The number of benzene rings is 1. The van der Waals surface area contributed by atoms with E-state index >= 15 is 0 Å². The van der Waals surface area contributed by atoms with Gasteiger partial charge in [-0.05, 0) is 25.1 Å². The topological polar surface area (TPSA) is 105 Å². The van der Waals surface area contributed by atoms with Gasteiger partial charge in [-0.15, -0.1) is 0 Å². The molecule has 20 heavy (non-hydrogen) atoms. The van der Waals surface area contributed by atoms with Gasteiger partial charge in [0.15, 0.2) is 0 Å². The second-order valence-electron chi connectivity index (χ2n) is 4.08. The number of hydrogen-bond acceptors (Lipinski definition) is 5. The van der Waals surface area contributed by atoms with E-state index in [1.165, 1.54) is 24.4 Å². The van der Waals surface area contributed by atoms with E-state index in [4.69, 9.17) is 5.11 Å². The summed E-state index contributed by atoms with van der Waals surface area (Å²) in [7, 11) is 0. The van der Waals surface area contributed by atoms with Gasteiger partial charge in [0.1, 0.15) is 5.69 Å². The van der Waals surface area contributed by atoms with E-state index in [2.05, 4.69) is 10.3 Å². The zero-order valence-corrected chi connectivity index (χ0v) is 10.5. The Hall–Kier alpha value is -2.96. The molecular formula is C13H11N3O4. The molecule has 0 bridgehead atoms. The van der Waals surface area contributed by atoms with Crippen molar-refractivity contribution in [1.82, 2.24) is 4.98 Å². The predicted molar refractivity (Wildman–Crippen MR) is 72.3 cm³/mol. The highest BCUT2D eigenvalue weighted by Crippen LogP contribution is 2.31. The van der Waals surface area contributed by atoms with Gasteiger partial charge in [-0.3, -0.25) is 15.1 Å². The molecule has 102 valence electrons. The average molecular weight is 273 g/mol. The lowest BCUT2D eigenvalue weighted by atomic mass is 10.1. The number of nitro benzene ring substituents is 1. The van der Waals surface area contributed by atoms with E-state index < -0.39 is 10.9 Å². The highest BCUT2D eigenvalue weighted by atomic mass is 16.6. The predicted octanol–water partition coefficient (Wildman–Crippen LogP) is 2.74. The number of aromatic carboxylic acids is 1. The third-order valence-corrected chi connectivity index (χ3v) is 2.65. The Labute approximate surface area is 114 Å². The molecule has 1 aromatic carbocycles. The monoisotopic (exact) mass is 273 g/mol. The van der Waals surface area contributed by atoms with Crippen molar-refractivity contribution in [3.05, 3.63) is 57.9 Å². The number of carbonyl (C=O) groups is 1. The average Bonchev–Trinajstić information content (AvgIpc) is 2.41. The van der Waals surface area contributed by atoms with Gasteiger partial charge in [-0.2, -0.15) is 0 Å². The molecule has 2 N–H and O–H groups in total. The van der Waals surface area contributed by atoms with Crippen molar-refractivity contribution in [1.29, 1.82) is 0 Å². The molecule has 0 saturated carbocycles. The number of nitrogens with one attached hydrogen (secondary N) is 1. The Balaban J connectivity index is 2.50. The number of anilines is 2. The number of aromatic nitrogens is 1. The summed E-state index contributed by atoms with van der Waals surface area (Å²) in [6.45, 7) is 1.80. The lowest BCUT2D eigenvalue weighted by Gasteiger charge is -2.09. The number of carboxylic acid groups (broad SMARTS) is 1. The van der Waals surface area contributed by atoms with Gasteiger partial charge >= 0.3 is 5.97 Å². The Morgan fingerprint density at radius 3 is 2.65 bits per heavy atom. The standard InChI is InChI=1S/C13H11N3O4/c1-8-5-6-9(7-14-8)15-12-10(13(17)18)3-2-4-11(12)16(19)20/h2-7,15H,1H3,(H,17,18). The largest absolute Gasteiger partial charge is 0.478 e. The maximum atomic E-state index is 11.2. The van der Waals surface area contributed by atoms with Crippen LogP contribution in [-0.4, -0.2) is 21.0 Å². The normalized spacial score (nSPS) is 10.1. The minimum absolute atomic E-state index is 0.0596. The number of hydrogen-bond donors (Lipinski definition) is 2. The van der Waals surface area contributed by atoms with Crippen LogP contribution >= 0.6 is 0 Å². The maximum Gasteiger partial charge on any atom is 0.338 e. The summed E-state index contributed by atoms with van der Waals surface area (Å²) >= 11 is 0. The van der Waals surface area contributed by atoms with Crippen molar-refractivity contribution in [2.45, 2.75) is 6.92 Å². The number of rotatable bonds is 4. The molecule has 0 fully saturated rings. The zero-order valence-electron chi connectivity index (χ0n) is 10.5.